The molecule has 2 heterocycles. The zero-order chi connectivity index (χ0) is 29.1. The Morgan fingerprint density at radius 3 is 2.08 bits per heavy atom. The van der Waals surface area contributed by atoms with Gasteiger partial charge >= 0.3 is 18.4 Å². The molecule has 2 aromatic rings. The molecule has 1 unspecified atom stereocenters. The van der Waals surface area contributed by atoms with Crippen molar-refractivity contribution in [2.75, 3.05) is 31.1 Å². The summed E-state index contributed by atoms with van der Waals surface area (Å²) in [5.74, 6) is -5.55. The predicted molar refractivity (Wildman–Crippen MR) is 122 cm³/mol. The van der Waals surface area contributed by atoms with Gasteiger partial charge in [0.1, 0.15) is 17.6 Å². The van der Waals surface area contributed by atoms with Crippen molar-refractivity contribution in [3.8, 4) is 11.8 Å². The number of alkyl halides is 8. The van der Waals surface area contributed by atoms with Crippen LogP contribution in [0.25, 0.3) is 5.69 Å². The fraction of sp³-hybridized carbons (Fsp3) is 0.500. The van der Waals surface area contributed by atoms with Crippen LogP contribution < -0.4 is 4.90 Å². The molecule has 1 saturated carbocycles. The number of benzene rings is 1. The van der Waals surface area contributed by atoms with Gasteiger partial charge in [-0.05, 0) is 38.1 Å². The van der Waals surface area contributed by atoms with Crippen LogP contribution in [0.15, 0.2) is 12.1 Å². The zero-order valence-corrected chi connectivity index (χ0v) is 21.0. The third-order valence-electron chi connectivity index (χ3n) is 6.75. The Labute approximate surface area is 225 Å². The Bertz CT molecular complexity index is 1320. The SMILES string of the molecule is N#Cc1nn(-c2c(Cl)cc(C(F)(F)F)cc2Cl)c(N(CCN2CCCC2)C(=O)O)c1C1(C(F)(F)F)CC1(F)F. The van der Waals surface area contributed by atoms with Crippen molar-refractivity contribution in [1.29, 1.82) is 5.26 Å². The predicted octanol–water partition coefficient (Wildman–Crippen LogP) is 6.49. The van der Waals surface area contributed by atoms with Crippen LogP contribution in [0.4, 0.5) is 45.7 Å². The number of anilines is 1. The second-order valence-electron chi connectivity index (χ2n) is 9.12. The molecule has 0 radical (unpaired) electrons. The number of carbonyl (C=O) groups is 1. The summed E-state index contributed by atoms with van der Waals surface area (Å²) in [7, 11) is 0. The summed E-state index contributed by atoms with van der Waals surface area (Å²) in [5, 5.41) is 21.6. The summed E-state index contributed by atoms with van der Waals surface area (Å²) in [6.07, 6.45) is -12.8. The highest BCUT2D eigenvalue weighted by Crippen LogP contribution is 2.71. The average molecular weight is 606 g/mol. The zero-order valence-electron chi connectivity index (χ0n) is 19.5. The van der Waals surface area contributed by atoms with Gasteiger partial charge in [-0.3, -0.25) is 4.90 Å². The molecule has 7 nitrogen and oxygen atoms in total. The van der Waals surface area contributed by atoms with E-state index in [4.69, 9.17) is 23.2 Å². The Balaban J connectivity index is 2.02. The van der Waals surface area contributed by atoms with Crippen LogP contribution in [-0.4, -0.2) is 64.2 Å². The first-order chi connectivity index (χ1) is 18.0. The van der Waals surface area contributed by atoms with Crippen molar-refractivity contribution in [2.24, 2.45) is 0 Å². The summed E-state index contributed by atoms with van der Waals surface area (Å²) < 4.78 is 112. The van der Waals surface area contributed by atoms with Gasteiger partial charge in [-0.25, -0.2) is 18.3 Å². The molecule has 1 saturated heterocycles. The first kappa shape index (κ1) is 29.2. The van der Waals surface area contributed by atoms with Gasteiger partial charge < -0.3 is 10.0 Å². The van der Waals surface area contributed by atoms with Crippen LogP contribution in [0.3, 0.4) is 0 Å². The summed E-state index contributed by atoms with van der Waals surface area (Å²) in [4.78, 5) is 14.4. The molecular weight excluding hydrogens is 589 g/mol. The lowest BCUT2D eigenvalue weighted by Gasteiger charge is -2.28. The van der Waals surface area contributed by atoms with Crippen molar-refractivity contribution in [3.05, 3.63) is 39.0 Å². The summed E-state index contributed by atoms with van der Waals surface area (Å²) in [5.41, 5.74) is -8.69. The van der Waals surface area contributed by atoms with Crippen LogP contribution in [-0.2, 0) is 11.6 Å². The fourth-order valence-electron chi connectivity index (χ4n) is 4.77. The van der Waals surface area contributed by atoms with E-state index in [0.717, 1.165) is 12.8 Å². The van der Waals surface area contributed by atoms with Crippen LogP contribution >= 0.6 is 23.2 Å². The summed E-state index contributed by atoms with van der Waals surface area (Å²) in [6, 6.07) is 2.01. The summed E-state index contributed by atoms with van der Waals surface area (Å²) >= 11 is 12.0. The number of nitriles is 1. The van der Waals surface area contributed by atoms with Gasteiger partial charge in [0, 0.05) is 19.5 Å². The second kappa shape index (κ2) is 9.67. The van der Waals surface area contributed by atoms with Crippen molar-refractivity contribution < 1.29 is 45.0 Å². The van der Waals surface area contributed by atoms with Crippen molar-refractivity contribution in [3.63, 3.8) is 0 Å². The molecule has 1 amide bonds. The molecule has 1 aromatic carbocycles. The van der Waals surface area contributed by atoms with Gasteiger partial charge in [-0.1, -0.05) is 23.2 Å². The molecule has 212 valence electrons. The number of hydrogen-bond acceptors (Lipinski definition) is 4. The van der Waals surface area contributed by atoms with Crippen LogP contribution in [0.5, 0.6) is 0 Å². The maximum Gasteiger partial charge on any atom is 0.416 e. The third kappa shape index (κ3) is 4.87. The smallest absolute Gasteiger partial charge is 0.416 e. The van der Waals surface area contributed by atoms with Crippen LogP contribution in [0.1, 0.15) is 36.1 Å². The fourth-order valence-corrected chi connectivity index (χ4v) is 5.41. The lowest BCUT2D eigenvalue weighted by molar-refractivity contribution is -0.182. The lowest BCUT2D eigenvalue weighted by Crippen LogP contribution is -2.41. The minimum Gasteiger partial charge on any atom is -0.465 e. The van der Waals surface area contributed by atoms with E-state index in [1.54, 1.807) is 4.90 Å². The van der Waals surface area contributed by atoms with Gasteiger partial charge in [0.05, 0.1) is 21.2 Å². The highest BCUT2D eigenvalue weighted by atomic mass is 35.5. The van der Waals surface area contributed by atoms with E-state index in [2.05, 4.69) is 5.10 Å². The number of halogens is 10. The number of rotatable bonds is 6. The van der Waals surface area contributed by atoms with E-state index in [0.29, 0.717) is 34.8 Å². The van der Waals surface area contributed by atoms with Gasteiger partial charge in [0.2, 0.25) is 0 Å². The number of carboxylic acid groups (broad SMARTS) is 1. The molecule has 39 heavy (non-hydrogen) atoms. The van der Waals surface area contributed by atoms with E-state index < -0.39 is 81.1 Å². The molecule has 4 rings (SSSR count). The Kier molecular flexibility index (Phi) is 7.23. The number of aromatic nitrogens is 2. The molecule has 0 spiro atoms. The van der Waals surface area contributed by atoms with Gasteiger partial charge in [-0.2, -0.15) is 36.7 Å². The molecule has 1 aliphatic heterocycles. The number of likely N-dealkylation sites (tertiary alicyclic amines) is 1. The highest BCUT2D eigenvalue weighted by Gasteiger charge is 2.86. The van der Waals surface area contributed by atoms with E-state index in [-0.39, 0.29) is 6.54 Å². The van der Waals surface area contributed by atoms with Gasteiger partial charge in [0.15, 0.2) is 11.1 Å². The lowest BCUT2D eigenvalue weighted by atomic mass is 9.93. The quantitative estimate of drug-likeness (QED) is 0.381. The molecule has 2 aliphatic rings. The first-order valence-corrected chi connectivity index (χ1v) is 12.0. The number of nitrogens with zero attached hydrogens (tertiary/aromatic N) is 5. The Morgan fingerprint density at radius 1 is 1.13 bits per heavy atom. The van der Waals surface area contributed by atoms with Crippen molar-refractivity contribution in [1.82, 2.24) is 14.7 Å². The maximum absolute atomic E-state index is 14.6. The molecule has 1 aliphatic carbocycles. The highest BCUT2D eigenvalue weighted by molar-refractivity contribution is 6.38. The van der Waals surface area contributed by atoms with Crippen LogP contribution in [0.2, 0.25) is 10.0 Å². The molecule has 0 bridgehead atoms. The molecular formula is C22H17Cl2F8N5O2. The Morgan fingerprint density at radius 2 is 1.67 bits per heavy atom. The van der Waals surface area contributed by atoms with E-state index in [1.807, 2.05) is 0 Å². The van der Waals surface area contributed by atoms with E-state index in [9.17, 15) is 50.3 Å². The second-order valence-corrected chi connectivity index (χ2v) is 9.94. The van der Waals surface area contributed by atoms with Gasteiger partial charge in [-0.15, -0.1) is 0 Å². The molecule has 2 fully saturated rings. The minimum absolute atomic E-state index is 0.0251. The van der Waals surface area contributed by atoms with Gasteiger partial charge in [0.25, 0.3) is 5.92 Å². The first-order valence-electron chi connectivity index (χ1n) is 11.2. The van der Waals surface area contributed by atoms with Crippen molar-refractivity contribution >= 4 is 35.1 Å². The van der Waals surface area contributed by atoms with Crippen molar-refractivity contribution in [2.45, 2.75) is 43.0 Å². The number of amides is 1. The Hall–Kier alpha value is -2.83. The van der Waals surface area contributed by atoms with E-state index in [1.165, 1.54) is 6.07 Å². The molecule has 1 N–H and O–H groups in total. The average Bonchev–Trinajstić information content (AvgIpc) is 3.13. The molecule has 17 heteroatoms. The monoisotopic (exact) mass is 605 g/mol. The van der Waals surface area contributed by atoms with Crippen LogP contribution in [0, 0.1) is 11.3 Å². The topological polar surface area (TPSA) is 85.4 Å². The van der Waals surface area contributed by atoms with E-state index >= 15 is 0 Å². The number of hydrogen-bond donors (Lipinski definition) is 1. The largest absolute Gasteiger partial charge is 0.465 e. The third-order valence-corrected chi connectivity index (χ3v) is 7.32. The minimum atomic E-state index is -5.67. The standard InChI is InChI=1S/C22H17Cl2F8N5O2/c23-12-7-11(21(27,28)29)8-13(24)16(12)37-17(36(18(38)39)6-5-35-3-1-2-4-35)15(14(9-33)34-37)19(22(30,31)32)10-20(19,25)26/h7-8H,1-6,10H2,(H,38,39). The normalized spacial score (nSPS) is 21.2. The molecule has 1 atom stereocenters. The summed E-state index contributed by atoms with van der Waals surface area (Å²) in [6.45, 7) is 0.519. The maximum atomic E-state index is 14.6. The molecule has 1 aromatic heterocycles.